The van der Waals surface area contributed by atoms with E-state index < -0.39 is 0 Å². The Labute approximate surface area is 124 Å². The largest absolute Gasteiger partial charge is 0.489 e. The quantitative estimate of drug-likeness (QED) is 0.876. The summed E-state index contributed by atoms with van der Waals surface area (Å²) in [7, 11) is 1.75. The van der Waals surface area contributed by atoms with Crippen LogP contribution in [0.25, 0.3) is 0 Å². The first-order chi connectivity index (χ1) is 9.42. The van der Waals surface area contributed by atoms with E-state index in [1.807, 2.05) is 13.0 Å². The first kappa shape index (κ1) is 15.1. The standard InChI is InChI=1S/C15H21ClN2O2/c1-8(2)5-9(3)20-13-7-12-10(6-11(13)16)14(17-4)15(19)18-12/h6-9,14,17H,5H2,1-4H3,(H,18,19). The van der Waals surface area contributed by atoms with Crippen molar-refractivity contribution in [3.63, 3.8) is 0 Å². The fraction of sp³-hybridized carbons (Fsp3) is 0.533. The van der Waals surface area contributed by atoms with Crippen LogP contribution in [0.5, 0.6) is 5.75 Å². The fourth-order valence-corrected chi connectivity index (χ4v) is 2.78. The number of halogens is 1. The molecule has 0 saturated heterocycles. The molecule has 1 amide bonds. The van der Waals surface area contributed by atoms with Gasteiger partial charge in [-0.1, -0.05) is 25.4 Å². The van der Waals surface area contributed by atoms with E-state index in [2.05, 4.69) is 24.5 Å². The van der Waals surface area contributed by atoms with Crippen molar-refractivity contribution in [2.24, 2.45) is 5.92 Å². The van der Waals surface area contributed by atoms with E-state index in [1.165, 1.54) is 0 Å². The molecule has 110 valence electrons. The summed E-state index contributed by atoms with van der Waals surface area (Å²) >= 11 is 6.27. The lowest BCUT2D eigenvalue weighted by atomic mass is 10.1. The number of benzene rings is 1. The van der Waals surface area contributed by atoms with E-state index in [0.717, 1.165) is 17.7 Å². The number of fused-ring (bicyclic) bond motifs is 1. The number of nitrogens with one attached hydrogen (secondary N) is 2. The Balaban J connectivity index is 2.22. The van der Waals surface area contributed by atoms with Crippen molar-refractivity contribution in [1.82, 2.24) is 5.32 Å². The molecule has 0 saturated carbocycles. The van der Waals surface area contributed by atoms with Gasteiger partial charge in [-0.3, -0.25) is 4.79 Å². The highest BCUT2D eigenvalue weighted by molar-refractivity contribution is 6.32. The summed E-state index contributed by atoms with van der Waals surface area (Å²) in [5, 5.41) is 6.35. The molecule has 0 radical (unpaired) electrons. The van der Waals surface area contributed by atoms with Crippen molar-refractivity contribution in [2.45, 2.75) is 39.3 Å². The van der Waals surface area contributed by atoms with Gasteiger partial charge in [0.2, 0.25) is 5.91 Å². The molecular weight excluding hydrogens is 276 g/mol. The second-order valence-corrected chi connectivity index (χ2v) is 6.05. The van der Waals surface area contributed by atoms with E-state index in [4.69, 9.17) is 16.3 Å². The van der Waals surface area contributed by atoms with Crippen molar-refractivity contribution >= 4 is 23.2 Å². The second kappa shape index (κ2) is 6.02. The number of ether oxygens (including phenoxy) is 1. The Kier molecular flexibility index (Phi) is 4.55. The summed E-state index contributed by atoms with van der Waals surface area (Å²) in [6.45, 7) is 6.34. The SMILES string of the molecule is CNC1C(=O)Nc2cc(OC(C)CC(C)C)c(Cl)cc21. The van der Waals surface area contributed by atoms with Crippen LogP contribution in [0.3, 0.4) is 0 Å². The van der Waals surface area contributed by atoms with E-state index in [9.17, 15) is 4.79 Å². The number of hydrogen-bond donors (Lipinski definition) is 2. The number of carbonyl (C=O) groups is 1. The molecule has 0 bridgehead atoms. The summed E-state index contributed by atoms with van der Waals surface area (Å²) in [5.41, 5.74) is 1.64. The maximum absolute atomic E-state index is 11.8. The number of amides is 1. The summed E-state index contributed by atoms with van der Waals surface area (Å²) in [6, 6.07) is 3.27. The fourth-order valence-electron chi connectivity index (χ4n) is 2.57. The van der Waals surface area contributed by atoms with Crippen molar-refractivity contribution in [3.05, 3.63) is 22.7 Å². The number of hydrogen-bond acceptors (Lipinski definition) is 3. The van der Waals surface area contributed by atoms with Gasteiger partial charge in [-0.15, -0.1) is 0 Å². The van der Waals surface area contributed by atoms with Gasteiger partial charge < -0.3 is 15.4 Å². The first-order valence-electron chi connectivity index (χ1n) is 6.90. The minimum atomic E-state index is -0.343. The number of carbonyl (C=O) groups excluding carboxylic acids is 1. The van der Waals surface area contributed by atoms with Crippen molar-refractivity contribution < 1.29 is 9.53 Å². The van der Waals surface area contributed by atoms with Crippen LogP contribution in [0.2, 0.25) is 5.02 Å². The lowest BCUT2D eigenvalue weighted by Crippen LogP contribution is -2.23. The third-order valence-electron chi connectivity index (χ3n) is 3.36. The molecule has 1 aliphatic heterocycles. The van der Waals surface area contributed by atoms with Crippen molar-refractivity contribution in [1.29, 1.82) is 0 Å². The molecule has 0 aliphatic carbocycles. The van der Waals surface area contributed by atoms with Gasteiger partial charge in [0.15, 0.2) is 0 Å². The number of likely N-dealkylation sites (N-methyl/N-ethyl adjacent to an activating group) is 1. The van der Waals surface area contributed by atoms with Crippen LogP contribution in [0.4, 0.5) is 5.69 Å². The monoisotopic (exact) mass is 296 g/mol. The smallest absolute Gasteiger partial charge is 0.246 e. The van der Waals surface area contributed by atoms with E-state index in [0.29, 0.717) is 16.7 Å². The molecule has 1 aromatic carbocycles. The van der Waals surface area contributed by atoms with Gasteiger partial charge in [-0.25, -0.2) is 0 Å². The summed E-state index contributed by atoms with van der Waals surface area (Å²) in [6.07, 6.45) is 1.04. The number of anilines is 1. The topological polar surface area (TPSA) is 50.4 Å². The summed E-state index contributed by atoms with van der Waals surface area (Å²) in [4.78, 5) is 11.8. The third-order valence-corrected chi connectivity index (χ3v) is 3.65. The summed E-state index contributed by atoms with van der Waals surface area (Å²) < 4.78 is 5.88. The number of rotatable bonds is 5. The van der Waals surface area contributed by atoms with Gasteiger partial charge in [0.1, 0.15) is 11.8 Å². The lowest BCUT2D eigenvalue weighted by Gasteiger charge is -2.18. The molecule has 2 N–H and O–H groups in total. The predicted octanol–water partition coefficient (Wildman–Crippen LogP) is 3.37. The van der Waals surface area contributed by atoms with Crippen LogP contribution < -0.4 is 15.4 Å². The second-order valence-electron chi connectivity index (χ2n) is 5.64. The van der Waals surface area contributed by atoms with Crippen LogP contribution in [0, 0.1) is 5.92 Å². The van der Waals surface area contributed by atoms with Crippen LogP contribution in [-0.4, -0.2) is 19.1 Å². The van der Waals surface area contributed by atoms with Crippen LogP contribution in [-0.2, 0) is 4.79 Å². The third kappa shape index (κ3) is 3.07. The van der Waals surface area contributed by atoms with Gasteiger partial charge >= 0.3 is 0 Å². The minimum Gasteiger partial charge on any atom is -0.489 e. The van der Waals surface area contributed by atoms with Crippen LogP contribution in [0.1, 0.15) is 38.8 Å². The molecular formula is C15H21ClN2O2. The molecule has 5 heteroatoms. The maximum Gasteiger partial charge on any atom is 0.246 e. The highest BCUT2D eigenvalue weighted by Crippen LogP contribution is 2.39. The molecule has 2 atom stereocenters. The molecule has 1 aliphatic rings. The molecule has 0 aromatic heterocycles. The average Bonchev–Trinajstić information content (AvgIpc) is 2.63. The Morgan fingerprint density at radius 3 is 2.70 bits per heavy atom. The molecule has 0 spiro atoms. The predicted molar refractivity (Wildman–Crippen MR) is 81.4 cm³/mol. The maximum atomic E-state index is 11.8. The molecule has 0 fully saturated rings. The highest BCUT2D eigenvalue weighted by Gasteiger charge is 2.30. The van der Waals surface area contributed by atoms with Gasteiger partial charge in [0, 0.05) is 17.3 Å². The lowest BCUT2D eigenvalue weighted by molar-refractivity contribution is -0.117. The summed E-state index contributed by atoms with van der Waals surface area (Å²) in [5.74, 6) is 1.12. The minimum absolute atomic E-state index is 0.0639. The van der Waals surface area contributed by atoms with Gasteiger partial charge in [-0.05, 0) is 32.4 Å². The molecule has 4 nitrogen and oxygen atoms in total. The van der Waals surface area contributed by atoms with E-state index in [-0.39, 0.29) is 18.1 Å². The zero-order chi connectivity index (χ0) is 14.9. The van der Waals surface area contributed by atoms with Gasteiger partial charge in [0.25, 0.3) is 0 Å². The van der Waals surface area contributed by atoms with Gasteiger partial charge in [-0.2, -0.15) is 0 Å². The highest BCUT2D eigenvalue weighted by atomic mass is 35.5. The van der Waals surface area contributed by atoms with E-state index >= 15 is 0 Å². The van der Waals surface area contributed by atoms with Crippen molar-refractivity contribution in [3.8, 4) is 5.75 Å². The first-order valence-corrected chi connectivity index (χ1v) is 7.28. The van der Waals surface area contributed by atoms with Crippen molar-refractivity contribution in [2.75, 3.05) is 12.4 Å². The Morgan fingerprint density at radius 2 is 2.10 bits per heavy atom. The van der Waals surface area contributed by atoms with Crippen LogP contribution in [0.15, 0.2) is 12.1 Å². The Bertz CT molecular complexity index is 517. The molecule has 2 unspecified atom stereocenters. The molecule has 20 heavy (non-hydrogen) atoms. The van der Waals surface area contributed by atoms with Gasteiger partial charge in [0.05, 0.1) is 11.1 Å². The zero-order valence-corrected chi connectivity index (χ0v) is 13.0. The normalized spacial score (nSPS) is 18.9. The van der Waals surface area contributed by atoms with Crippen LogP contribution >= 0.6 is 11.6 Å². The average molecular weight is 297 g/mol. The molecule has 1 aromatic rings. The van der Waals surface area contributed by atoms with E-state index in [1.54, 1.807) is 13.1 Å². The Morgan fingerprint density at radius 1 is 1.40 bits per heavy atom. The Hall–Kier alpha value is -1.26. The zero-order valence-electron chi connectivity index (χ0n) is 12.3. The molecule has 1 heterocycles. The molecule has 2 rings (SSSR count).